The lowest BCUT2D eigenvalue weighted by Gasteiger charge is -2.10. The van der Waals surface area contributed by atoms with Gasteiger partial charge in [-0.2, -0.15) is 0 Å². The minimum absolute atomic E-state index is 0.0411. The van der Waals surface area contributed by atoms with E-state index in [0.717, 1.165) is 16.9 Å². The fourth-order valence-corrected chi connectivity index (χ4v) is 6.31. The van der Waals surface area contributed by atoms with Crippen LogP contribution in [0.5, 0.6) is 5.75 Å². The van der Waals surface area contributed by atoms with Gasteiger partial charge in [-0.05, 0) is 37.0 Å². The molecule has 1 aliphatic rings. The molecule has 11 heteroatoms. The first-order valence-corrected chi connectivity index (χ1v) is 13.0. The third-order valence-electron chi connectivity index (χ3n) is 5.07. The van der Waals surface area contributed by atoms with Crippen LogP contribution in [0.2, 0.25) is 0 Å². The third kappa shape index (κ3) is 6.55. The Hall–Kier alpha value is -2.92. The lowest BCUT2D eigenvalue weighted by atomic mass is 10.0. The van der Waals surface area contributed by atoms with Gasteiger partial charge in [0.2, 0.25) is 0 Å². The number of esters is 2. The van der Waals surface area contributed by atoms with Gasteiger partial charge >= 0.3 is 11.9 Å². The molecule has 1 aliphatic heterocycles. The Labute approximate surface area is 196 Å². The van der Waals surface area contributed by atoms with Crippen LogP contribution in [-0.4, -0.2) is 58.1 Å². The van der Waals surface area contributed by atoms with E-state index in [9.17, 15) is 22.8 Å². The lowest BCUT2D eigenvalue weighted by Crippen LogP contribution is -2.23. The first kappa shape index (κ1) is 24.7. The number of amides is 1. The summed E-state index contributed by atoms with van der Waals surface area (Å²) in [7, 11) is -1.54. The highest BCUT2D eigenvalue weighted by Gasteiger charge is 2.30. The van der Waals surface area contributed by atoms with Crippen molar-refractivity contribution in [3.63, 3.8) is 0 Å². The molecule has 0 radical (unpaired) electrons. The molecule has 3 rings (SSSR count). The van der Waals surface area contributed by atoms with Gasteiger partial charge in [0.1, 0.15) is 16.3 Å². The summed E-state index contributed by atoms with van der Waals surface area (Å²) >= 11 is 1.15. The van der Waals surface area contributed by atoms with Crippen molar-refractivity contribution in [1.29, 1.82) is 0 Å². The largest absolute Gasteiger partial charge is 0.497 e. The highest BCUT2D eigenvalue weighted by Crippen LogP contribution is 2.37. The molecule has 0 aliphatic carbocycles. The second-order valence-corrected chi connectivity index (χ2v) is 10.6. The van der Waals surface area contributed by atoms with Gasteiger partial charge in [0.15, 0.2) is 16.4 Å². The number of benzene rings is 1. The lowest BCUT2D eigenvalue weighted by molar-refractivity contribution is -0.148. The second kappa shape index (κ2) is 10.8. The number of thiophene rings is 1. The summed E-state index contributed by atoms with van der Waals surface area (Å²) in [5.41, 5.74) is 1.55. The van der Waals surface area contributed by atoms with Crippen molar-refractivity contribution in [2.75, 3.05) is 37.1 Å². The van der Waals surface area contributed by atoms with Crippen LogP contribution in [-0.2, 0) is 28.9 Å². The smallest absolute Gasteiger partial charge is 0.341 e. The standard InChI is InChI=1S/C22H25NO8S2/c1-3-30-22(26)20-17(15-4-6-16(29-2)7-5-15)12-32-21(20)23-18(24)11-31-19(25)10-14-8-9-33(27,28)13-14/h4-7,12,14H,3,8-11,13H2,1-2H3,(H,23,24). The molecule has 1 fully saturated rings. The van der Waals surface area contributed by atoms with Gasteiger partial charge in [-0.3, -0.25) is 9.59 Å². The van der Waals surface area contributed by atoms with Crippen LogP contribution in [0.1, 0.15) is 30.1 Å². The van der Waals surface area contributed by atoms with Crippen molar-refractivity contribution in [3.05, 3.63) is 35.2 Å². The molecule has 178 valence electrons. The molecular formula is C22H25NO8S2. The van der Waals surface area contributed by atoms with Gasteiger partial charge in [0.25, 0.3) is 5.91 Å². The van der Waals surface area contributed by atoms with Crippen LogP contribution >= 0.6 is 11.3 Å². The number of rotatable bonds is 9. The van der Waals surface area contributed by atoms with E-state index in [1.54, 1.807) is 43.7 Å². The Morgan fingerprint density at radius 3 is 2.48 bits per heavy atom. The second-order valence-electron chi connectivity index (χ2n) is 7.48. The Morgan fingerprint density at radius 2 is 1.88 bits per heavy atom. The number of ether oxygens (including phenoxy) is 3. The van der Waals surface area contributed by atoms with E-state index in [1.165, 1.54) is 0 Å². The van der Waals surface area contributed by atoms with E-state index in [-0.39, 0.29) is 41.0 Å². The molecule has 1 atom stereocenters. The van der Waals surface area contributed by atoms with Gasteiger partial charge in [0, 0.05) is 17.4 Å². The molecule has 1 amide bonds. The normalized spacial score (nSPS) is 16.7. The number of nitrogens with one attached hydrogen (secondary N) is 1. The summed E-state index contributed by atoms with van der Waals surface area (Å²) in [5.74, 6) is -1.43. The number of hydrogen-bond donors (Lipinski definition) is 1. The first-order valence-electron chi connectivity index (χ1n) is 10.3. The molecule has 2 aromatic rings. The maximum atomic E-state index is 12.6. The van der Waals surface area contributed by atoms with Gasteiger partial charge < -0.3 is 19.5 Å². The van der Waals surface area contributed by atoms with Crippen LogP contribution in [0, 0.1) is 5.92 Å². The molecule has 33 heavy (non-hydrogen) atoms. The Bertz CT molecular complexity index is 1120. The van der Waals surface area contributed by atoms with Crippen LogP contribution in [0.25, 0.3) is 11.1 Å². The Morgan fingerprint density at radius 1 is 1.15 bits per heavy atom. The maximum absolute atomic E-state index is 12.6. The molecule has 0 saturated carbocycles. The molecule has 0 bridgehead atoms. The van der Waals surface area contributed by atoms with E-state index < -0.39 is 34.3 Å². The van der Waals surface area contributed by atoms with E-state index in [1.807, 2.05) is 0 Å². The highest BCUT2D eigenvalue weighted by molar-refractivity contribution is 7.91. The summed E-state index contributed by atoms with van der Waals surface area (Å²) in [6, 6.07) is 7.10. The molecule has 1 aromatic carbocycles. The Balaban J connectivity index is 1.66. The van der Waals surface area contributed by atoms with Gasteiger partial charge in [-0.15, -0.1) is 11.3 Å². The molecule has 0 spiro atoms. The number of methoxy groups -OCH3 is 1. The summed E-state index contributed by atoms with van der Waals surface area (Å²) in [4.78, 5) is 37.0. The van der Waals surface area contributed by atoms with E-state index in [2.05, 4.69) is 5.32 Å². The Kier molecular flexibility index (Phi) is 8.09. The maximum Gasteiger partial charge on any atom is 0.341 e. The molecule has 1 N–H and O–H groups in total. The van der Waals surface area contributed by atoms with Crippen LogP contribution in [0.3, 0.4) is 0 Å². The summed E-state index contributed by atoms with van der Waals surface area (Å²) in [6.45, 7) is 1.31. The van der Waals surface area contributed by atoms with Crippen molar-refractivity contribution < 1.29 is 37.0 Å². The molecule has 1 aromatic heterocycles. The van der Waals surface area contributed by atoms with Crippen molar-refractivity contribution in [2.24, 2.45) is 5.92 Å². The number of sulfone groups is 1. The van der Waals surface area contributed by atoms with Crippen molar-refractivity contribution in [3.8, 4) is 16.9 Å². The minimum Gasteiger partial charge on any atom is -0.497 e. The van der Waals surface area contributed by atoms with E-state index in [4.69, 9.17) is 14.2 Å². The topological polar surface area (TPSA) is 125 Å². The number of hydrogen-bond acceptors (Lipinski definition) is 9. The molecule has 2 heterocycles. The van der Waals surface area contributed by atoms with Crippen molar-refractivity contribution >= 4 is 44.0 Å². The fraction of sp³-hybridized carbons (Fsp3) is 0.409. The van der Waals surface area contributed by atoms with Gasteiger partial charge in [0.05, 0.1) is 25.2 Å². The predicted molar refractivity (Wildman–Crippen MR) is 123 cm³/mol. The zero-order chi connectivity index (χ0) is 24.0. The molecule has 1 unspecified atom stereocenters. The van der Waals surface area contributed by atoms with Crippen molar-refractivity contribution in [1.82, 2.24) is 0 Å². The quantitative estimate of drug-likeness (QED) is 0.527. The van der Waals surface area contributed by atoms with Crippen LogP contribution in [0.4, 0.5) is 5.00 Å². The summed E-state index contributed by atoms with van der Waals surface area (Å²) in [5, 5.41) is 4.62. The summed E-state index contributed by atoms with van der Waals surface area (Å²) < 4.78 is 38.3. The SMILES string of the molecule is CCOC(=O)c1c(-c2ccc(OC)cc2)csc1NC(=O)COC(=O)CC1CCS(=O)(=O)C1. The molecular weight excluding hydrogens is 470 g/mol. The molecule has 1 saturated heterocycles. The minimum atomic E-state index is -3.09. The number of anilines is 1. The molecule has 9 nitrogen and oxygen atoms in total. The number of carbonyl (C=O) groups is 3. The average Bonchev–Trinajstić information content (AvgIpc) is 3.35. The highest BCUT2D eigenvalue weighted by atomic mass is 32.2. The number of carbonyl (C=O) groups excluding carboxylic acids is 3. The summed E-state index contributed by atoms with van der Waals surface area (Å²) in [6.07, 6.45) is 0.358. The van der Waals surface area contributed by atoms with Crippen LogP contribution < -0.4 is 10.1 Å². The fourth-order valence-electron chi connectivity index (χ4n) is 3.48. The third-order valence-corrected chi connectivity index (χ3v) is 7.80. The monoisotopic (exact) mass is 495 g/mol. The first-order chi connectivity index (χ1) is 15.7. The average molecular weight is 496 g/mol. The van der Waals surface area contributed by atoms with Gasteiger partial charge in [-0.25, -0.2) is 13.2 Å². The van der Waals surface area contributed by atoms with E-state index >= 15 is 0 Å². The van der Waals surface area contributed by atoms with E-state index in [0.29, 0.717) is 17.7 Å². The predicted octanol–water partition coefficient (Wildman–Crippen LogP) is 2.91. The zero-order valence-electron chi connectivity index (χ0n) is 18.3. The van der Waals surface area contributed by atoms with Crippen LogP contribution in [0.15, 0.2) is 29.6 Å². The van der Waals surface area contributed by atoms with Gasteiger partial charge in [-0.1, -0.05) is 12.1 Å². The zero-order valence-corrected chi connectivity index (χ0v) is 19.9. The van der Waals surface area contributed by atoms with Crippen molar-refractivity contribution in [2.45, 2.75) is 19.8 Å².